The van der Waals surface area contributed by atoms with Gasteiger partial charge in [-0.2, -0.15) is 0 Å². The van der Waals surface area contributed by atoms with Crippen molar-refractivity contribution in [3.05, 3.63) is 85.1 Å². The van der Waals surface area contributed by atoms with Crippen molar-refractivity contribution in [2.45, 2.75) is 253 Å². The van der Waals surface area contributed by atoms with E-state index >= 15 is 0 Å². The van der Waals surface area contributed by atoms with Gasteiger partial charge >= 0.3 is 0 Å². The molecule has 0 saturated carbocycles. The molecule has 3 aliphatic rings. The molecule has 0 aromatic carbocycles. The van der Waals surface area contributed by atoms with Crippen molar-refractivity contribution < 1.29 is 89.4 Å². The van der Waals surface area contributed by atoms with Crippen LogP contribution in [-0.2, 0) is 33.2 Å². The average molecular weight is 1110 g/mol. The highest BCUT2D eigenvalue weighted by Gasteiger charge is 2.53. The Morgan fingerprint density at radius 1 is 0.474 bits per heavy atom. The van der Waals surface area contributed by atoms with Crippen molar-refractivity contribution in [2.75, 3.05) is 26.4 Å². The number of ether oxygens (including phenoxy) is 6. The lowest BCUT2D eigenvalue weighted by Gasteiger charge is -2.48. The van der Waals surface area contributed by atoms with Gasteiger partial charge in [0.1, 0.15) is 73.2 Å². The Morgan fingerprint density at radius 3 is 1.44 bits per heavy atom. The summed E-state index contributed by atoms with van der Waals surface area (Å²) in [5.41, 5.74) is 0. The lowest BCUT2D eigenvalue weighted by molar-refractivity contribution is -0.379. The molecule has 0 spiro atoms. The molecule has 3 saturated heterocycles. The van der Waals surface area contributed by atoms with Gasteiger partial charge in [0.25, 0.3) is 0 Å². The summed E-state index contributed by atoms with van der Waals surface area (Å²) in [6.07, 6.45) is 22.8. The summed E-state index contributed by atoms with van der Waals surface area (Å²) in [6.45, 7) is 1.51. The Balaban J connectivity index is 1.55. The minimum atomic E-state index is -1.99. The van der Waals surface area contributed by atoms with Crippen molar-refractivity contribution >= 4 is 5.91 Å². The van der Waals surface area contributed by atoms with Gasteiger partial charge < -0.3 is 89.9 Å². The predicted octanol–water partition coefficient (Wildman–Crippen LogP) is 4.42. The zero-order valence-electron chi connectivity index (χ0n) is 46.4. The fourth-order valence-corrected chi connectivity index (χ4v) is 9.15. The summed E-state index contributed by atoms with van der Waals surface area (Å²) in [5.74, 6) is -0.318. The van der Waals surface area contributed by atoms with E-state index in [2.05, 4.69) is 92.1 Å². The van der Waals surface area contributed by atoms with Crippen LogP contribution in [0.2, 0.25) is 0 Å². The third-order valence-electron chi connectivity index (χ3n) is 13.9. The number of nitrogens with one attached hydrogen (secondary N) is 1. The molecule has 0 radical (unpaired) electrons. The molecule has 19 heteroatoms. The number of aliphatic hydroxyl groups excluding tert-OH is 11. The molecule has 0 aliphatic carbocycles. The van der Waals surface area contributed by atoms with E-state index in [1.807, 2.05) is 6.08 Å². The highest BCUT2D eigenvalue weighted by atomic mass is 16.8. The number of allylic oxidation sites excluding steroid dienone is 13. The van der Waals surface area contributed by atoms with Crippen LogP contribution in [-0.4, -0.2) is 193 Å². The van der Waals surface area contributed by atoms with Gasteiger partial charge in [-0.05, 0) is 83.5 Å². The van der Waals surface area contributed by atoms with E-state index < -0.39 is 124 Å². The molecular weight excluding hydrogens is 1010 g/mol. The lowest BCUT2D eigenvalue weighted by Crippen LogP contribution is -2.66. The van der Waals surface area contributed by atoms with Crippen LogP contribution in [0.4, 0.5) is 0 Å². The van der Waals surface area contributed by atoms with Crippen LogP contribution in [0.5, 0.6) is 0 Å². The van der Waals surface area contributed by atoms with Gasteiger partial charge in [0.2, 0.25) is 5.91 Å². The Morgan fingerprint density at radius 2 is 0.897 bits per heavy atom. The lowest BCUT2D eigenvalue weighted by atomic mass is 9.96. The quantitative estimate of drug-likeness (QED) is 0.0299. The molecule has 17 unspecified atom stereocenters. The molecule has 3 rings (SSSR count). The monoisotopic (exact) mass is 1110 g/mol. The molecule has 3 fully saturated rings. The van der Waals surface area contributed by atoms with E-state index in [1.165, 1.54) is 38.5 Å². The van der Waals surface area contributed by atoms with Crippen molar-refractivity contribution in [2.24, 2.45) is 0 Å². The molecule has 0 aromatic heterocycles. The van der Waals surface area contributed by atoms with Gasteiger partial charge in [0.15, 0.2) is 18.9 Å². The molecule has 12 N–H and O–H groups in total. The van der Waals surface area contributed by atoms with E-state index in [4.69, 9.17) is 28.4 Å². The maximum Gasteiger partial charge on any atom is 0.220 e. The second kappa shape index (κ2) is 41.9. The summed E-state index contributed by atoms with van der Waals surface area (Å²) < 4.78 is 34.2. The second-order valence-corrected chi connectivity index (χ2v) is 20.3. The van der Waals surface area contributed by atoms with Crippen molar-refractivity contribution in [3.8, 4) is 0 Å². The number of hydrogen-bond acceptors (Lipinski definition) is 18. The van der Waals surface area contributed by atoms with Gasteiger partial charge in [-0.25, -0.2) is 0 Å². The number of unbranched alkanes of at least 4 members (excludes halogenated alkanes) is 12. The highest BCUT2D eigenvalue weighted by molar-refractivity contribution is 5.76. The zero-order chi connectivity index (χ0) is 56.9. The van der Waals surface area contributed by atoms with Gasteiger partial charge in [0.05, 0.1) is 38.6 Å². The Labute approximate surface area is 463 Å². The van der Waals surface area contributed by atoms with Crippen LogP contribution < -0.4 is 5.32 Å². The molecule has 448 valence electrons. The normalized spacial score (nSPS) is 31.1. The molecular formula is C59H99NO18. The predicted molar refractivity (Wildman–Crippen MR) is 295 cm³/mol. The number of hydrogen-bond donors (Lipinski definition) is 12. The first-order chi connectivity index (χ1) is 37.8. The third-order valence-corrected chi connectivity index (χ3v) is 13.9. The van der Waals surface area contributed by atoms with Crippen LogP contribution in [0.15, 0.2) is 85.1 Å². The molecule has 19 nitrogen and oxygen atoms in total. The SMILES string of the molecule is CC/C=C\C/C=C\C/C=C\C/C=C\CCCCCCC(=O)NC(COC1OC(CO)C(OC2OC(CO)C(OC3OC(CO)C(O)C(O)C3O)C(O)C2O)C(O)C1O)C(O)/C=C/CC/C=C/CC/C=C/CCCCCCCC. The van der Waals surface area contributed by atoms with Gasteiger partial charge in [-0.3, -0.25) is 4.79 Å². The van der Waals surface area contributed by atoms with E-state index in [0.717, 1.165) is 77.0 Å². The number of rotatable bonds is 40. The average Bonchev–Trinajstić information content (AvgIpc) is 3.45. The Kier molecular flexibility index (Phi) is 37.2. The molecule has 78 heavy (non-hydrogen) atoms. The summed E-state index contributed by atoms with van der Waals surface area (Å²) in [6, 6.07) is -1.01. The summed E-state index contributed by atoms with van der Waals surface area (Å²) in [7, 11) is 0. The Hall–Kier alpha value is -3.03. The highest BCUT2D eigenvalue weighted by Crippen LogP contribution is 2.33. The molecule has 3 aliphatic heterocycles. The summed E-state index contributed by atoms with van der Waals surface area (Å²) in [4.78, 5) is 13.3. The topological polar surface area (TPSA) is 307 Å². The van der Waals surface area contributed by atoms with E-state index in [-0.39, 0.29) is 18.9 Å². The third kappa shape index (κ3) is 25.8. The summed E-state index contributed by atoms with van der Waals surface area (Å²) >= 11 is 0. The minimum absolute atomic E-state index is 0.199. The van der Waals surface area contributed by atoms with Crippen molar-refractivity contribution in [1.82, 2.24) is 5.32 Å². The largest absolute Gasteiger partial charge is 0.394 e. The molecule has 0 aromatic rings. The smallest absolute Gasteiger partial charge is 0.220 e. The maximum atomic E-state index is 13.3. The first-order valence-electron chi connectivity index (χ1n) is 28.8. The molecule has 17 atom stereocenters. The standard InChI is InChI=1S/C59H99NO18/c1-3-5-7-9-11-13-15-17-19-21-23-25-27-29-31-33-35-37-47(65)60-42(43(64)36-34-32-30-28-26-24-22-20-18-16-14-12-10-8-6-4-2)41-73-57-53(71)50(68)55(45(39-62)75-57)78-59-54(72)51(69)56(46(40-63)76-59)77-58-52(70)49(67)48(66)44(38-61)74-58/h5,7,11,13,17-20,23,25-26,28,34,36,42-46,48-59,61-64,66-72H,3-4,6,8-10,12,14-16,21-22,24,27,29-33,35,37-41H2,1-2H3,(H,60,65)/b7-5-,13-11-,19-17-,20-18+,25-23-,28-26+,36-34+. The van der Waals surface area contributed by atoms with Gasteiger partial charge in [-0.15, -0.1) is 0 Å². The first-order valence-corrected chi connectivity index (χ1v) is 28.8. The second-order valence-electron chi connectivity index (χ2n) is 20.3. The van der Waals surface area contributed by atoms with E-state index in [0.29, 0.717) is 12.8 Å². The maximum absolute atomic E-state index is 13.3. The molecule has 0 bridgehead atoms. The van der Waals surface area contributed by atoms with Crippen molar-refractivity contribution in [1.29, 1.82) is 0 Å². The molecule has 1 amide bonds. The Bertz CT molecular complexity index is 1750. The van der Waals surface area contributed by atoms with Crippen LogP contribution in [0.1, 0.15) is 149 Å². The molecule has 3 heterocycles. The fraction of sp³-hybridized carbons (Fsp3) is 0.746. The summed E-state index contributed by atoms with van der Waals surface area (Å²) in [5, 5.41) is 120. The number of amides is 1. The van der Waals surface area contributed by atoms with E-state index in [9.17, 15) is 61.0 Å². The van der Waals surface area contributed by atoms with Gasteiger partial charge in [0, 0.05) is 6.42 Å². The van der Waals surface area contributed by atoms with Crippen molar-refractivity contribution in [3.63, 3.8) is 0 Å². The minimum Gasteiger partial charge on any atom is -0.394 e. The van der Waals surface area contributed by atoms with Crippen LogP contribution in [0.25, 0.3) is 0 Å². The number of carbonyl (C=O) groups is 1. The fourth-order valence-electron chi connectivity index (χ4n) is 9.15. The first kappa shape index (κ1) is 69.2. The van der Waals surface area contributed by atoms with E-state index in [1.54, 1.807) is 6.08 Å². The van der Waals surface area contributed by atoms with Crippen LogP contribution in [0.3, 0.4) is 0 Å². The van der Waals surface area contributed by atoms with Gasteiger partial charge in [-0.1, -0.05) is 144 Å². The number of carbonyl (C=O) groups excluding carboxylic acids is 1. The van der Waals surface area contributed by atoms with Crippen LogP contribution in [0, 0.1) is 0 Å². The number of aliphatic hydroxyl groups is 11. The zero-order valence-corrected chi connectivity index (χ0v) is 46.4. The van der Waals surface area contributed by atoms with Crippen LogP contribution >= 0.6 is 0 Å².